The molecule has 0 aliphatic rings. The van der Waals surface area contributed by atoms with Crippen LogP contribution in [0.15, 0.2) is 6.20 Å². The van der Waals surface area contributed by atoms with E-state index in [1.165, 1.54) is 11.3 Å². The lowest BCUT2D eigenvalue weighted by Crippen LogP contribution is -2.18. The average molecular weight is 210 g/mol. The molecule has 0 unspecified atom stereocenters. The summed E-state index contributed by atoms with van der Waals surface area (Å²) >= 11 is 0. The number of nitrogens with one attached hydrogen (secondary N) is 1. The molecule has 1 aromatic heterocycles. The van der Waals surface area contributed by atoms with Crippen molar-refractivity contribution in [3.05, 3.63) is 17.5 Å². The fourth-order valence-corrected chi connectivity index (χ4v) is 1.63. The highest BCUT2D eigenvalue weighted by atomic mass is 15.3. The first-order valence-electron chi connectivity index (χ1n) is 5.58. The number of nitrogens with zero attached hydrogens (tertiary/aromatic N) is 2. The van der Waals surface area contributed by atoms with Crippen LogP contribution in [-0.4, -0.2) is 22.9 Å². The minimum absolute atomic E-state index is 0.484. The maximum Gasteiger partial charge on any atom is 0.0694 e. The van der Waals surface area contributed by atoms with Gasteiger partial charge in [-0.3, -0.25) is 4.68 Å². The third-order valence-corrected chi connectivity index (χ3v) is 2.36. The molecule has 0 aliphatic heterocycles. The van der Waals surface area contributed by atoms with Gasteiger partial charge in [0.05, 0.1) is 5.69 Å². The average Bonchev–Trinajstić information content (AvgIpc) is 2.55. The number of hydrogen-bond acceptors (Lipinski definition) is 3. The first-order valence-corrected chi connectivity index (χ1v) is 5.58. The van der Waals surface area contributed by atoms with E-state index in [4.69, 9.17) is 5.73 Å². The molecule has 0 saturated carbocycles. The molecule has 0 atom stereocenters. The second-order valence-corrected chi connectivity index (χ2v) is 4.19. The van der Waals surface area contributed by atoms with Gasteiger partial charge < -0.3 is 11.1 Å². The lowest BCUT2D eigenvalue weighted by atomic mass is 10.1. The maximum atomic E-state index is 5.43. The fraction of sp³-hybridized carbons (Fsp3) is 0.727. The van der Waals surface area contributed by atoms with E-state index in [1.807, 2.05) is 11.7 Å². The van der Waals surface area contributed by atoms with E-state index in [-0.39, 0.29) is 0 Å². The van der Waals surface area contributed by atoms with Crippen LogP contribution in [0.5, 0.6) is 0 Å². The number of nitrogens with two attached hydrogens (primary N) is 1. The molecule has 0 bridgehead atoms. The van der Waals surface area contributed by atoms with Crippen LogP contribution in [0.1, 0.15) is 37.4 Å². The summed E-state index contributed by atoms with van der Waals surface area (Å²) in [5.41, 5.74) is 7.92. The van der Waals surface area contributed by atoms with Crippen LogP contribution in [0.25, 0.3) is 0 Å². The molecule has 86 valence electrons. The fourth-order valence-electron chi connectivity index (χ4n) is 1.63. The van der Waals surface area contributed by atoms with Crippen molar-refractivity contribution in [2.75, 3.05) is 13.1 Å². The molecule has 0 aromatic carbocycles. The van der Waals surface area contributed by atoms with Gasteiger partial charge in [0.15, 0.2) is 0 Å². The highest BCUT2D eigenvalue weighted by Crippen LogP contribution is 2.16. The molecule has 0 amide bonds. The van der Waals surface area contributed by atoms with Crippen molar-refractivity contribution in [2.24, 2.45) is 12.8 Å². The third kappa shape index (κ3) is 3.64. The Morgan fingerprint density at radius 1 is 1.53 bits per heavy atom. The van der Waals surface area contributed by atoms with Gasteiger partial charge in [-0.15, -0.1) is 0 Å². The zero-order valence-electron chi connectivity index (χ0n) is 9.95. The van der Waals surface area contributed by atoms with Gasteiger partial charge >= 0.3 is 0 Å². The largest absolute Gasteiger partial charge is 0.330 e. The van der Waals surface area contributed by atoms with E-state index in [0.29, 0.717) is 5.92 Å². The van der Waals surface area contributed by atoms with Crippen molar-refractivity contribution < 1.29 is 0 Å². The molecule has 4 nitrogen and oxygen atoms in total. The summed E-state index contributed by atoms with van der Waals surface area (Å²) in [4.78, 5) is 0. The normalized spacial score (nSPS) is 11.3. The van der Waals surface area contributed by atoms with Crippen molar-refractivity contribution in [1.82, 2.24) is 15.1 Å². The molecule has 3 N–H and O–H groups in total. The molecule has 1 aromatic rings. The lowest BCUT2D eigenvalue weighted by Gasteiger charge is -2.06. The van der Waals surface area contributed by atoms with Gasteiger partial charge in [-0.05, 0) is 25.4 Å². The number of rotatable bonds is 6. The van der Waals surface area contributed by atoms with E-state index < -0.39 is 0 Å². The van der Waals surface area contributed by atoms with Crippen molar-refractivity contribution in [2.45, 2.75) is 32.7 Å². The van der Waals surface area contributed by atoms with Gasteiger partial charge in [0.2, 0.25) is 0 Å². The zero-order valence-corrected chi connectivity index (χ0v) is 9.95. The summed E-state index contributed by atoms with van der Waals surface area (Å²) in [6, 6.07) is 0. The predicted molar refractivity (Wildman–Crippen MR) is 62.7 cm³/mol. The summed E-state index contributed by atoms with van der Waals surface area (Å²) in [5, 5.41) is 7.84. The van der Waals surface area contributed by atoms with Gasteiger partial charge in [-0.2, -0.15) is 5.10 Å². The summed E-state index contributed by atoms with van der Waals surface area (Å²) in [6.45, 7) is 6.96. The SMILES string of the molecule is CC(C)c1nn(C)cc1CNCCCN. The van der Waals surface area contributed by atoms with Gasteiger partial charge in [0.25, 0.3) is 0 Å². The van der Waals surface area contributed by atoms with Crippen molar-refractivity contribution in [3.8, 4) is 0 Å². The topological polar surface area (TPSA) is 55.9 Å². The van der Waals surface area contributed by atoms with Crippen LogP contribution in [0.2, 0.25) is 0 Å². The molecule has 0 fully saturated rings. The third-order valence-electron chi connectivity index (χ3n) is 2.36. The number of aryl methyl sites for hydroxylation is 1. The minimum Gasteiger partial charge on any atom is -0.330 e. The van der Waals surface area contributed by atoms with Crippen molar-refractivity contribution in [1.29, 1.82) is 0 Å². The van der Waals surface area contributed by atoms with E-state index in [1.54, 1.807) is 0 Å². The summed E-state index contributed by atoms with van der Waals surface area (Å²) in [5.74, 6) is 0.484. The van der Waals surface area contributed by atoms with Crippen molar-refractivity contribution in [3.63, 3.8) is 0 Å². The van der Waals surface area contributed by atoms with Crippen LogP contribution in [0.4, 0.5) is 0 Å². The zero-order chi connectivity index (χ0) is 11.3. The Labute approximate surface area is 91.8 Å². The van der Waals surface area contributed by atoms with Crippen LogP contribution in [0.3, 0.4) is 0 Å². The highest BCUT2D eigenvalue weighted by Gasteiger charge is 2.10. The first kappa shape index (κ1) is 12.2. The Balaban J connectivity index is 2.52. The molecule has 4 heteroatoms. The number of aromatic nitrogens is 2. The molecule has 1 rings (SSSR count). The summed E-state index contributed by atoms with van der Waals surface area (Å²) in [6.07, 6.45) is 3.11. The Hall–Kier alpha value is -0.870. The van der Waals surface area contributed by atoms with E-state index in [9.17, 15) is 0 Å². The molecule has 0 saturated heterocycles. The van der Waals surface area contributed by atoms with E-state index >= 15 is 0 Å². The van der Waals surface area contributed by atoms with Crippen molar-refractivity contribution >= 4 is 0 Å². The maximum absolute atomic E-state index is 5.43. The van der Waals surface area contributed by atoms with E-state index in [2.05, 4.69) is 30.5 Å². The Morgan fingerprint density at radius 3 is 2.87 bits per heavy atom. The second kappa shape index (κ2) is 5.88. The molecular weight excluding hydrogens is 188 g/mol. The van der Waals surface area contributed by atoms with Crippen LogP contribution in [-0.2, 0) is 13.6 Å². The molecule has 15 heavy (non-hydrogen) atoms. The summed E-state index contributed by atoms with van der Waals surface area (Å²) in [7, 11) is 1.97. The van der Waals surface area contributed by atoms with Gasteiger partial charge in [0, 0.05) is 25.4 Å². The second-order valence-electron chi connectivity index (χ2n) is 4.19. The Kier molecular flexibility index (Phi) is 4.78. The molecule has 0 radical (unpaired) electrons. The molecular formula is C11H22N4. The van der Waals surface area contributed by atoms with Crippen LogP contribution in [0, 0.1) is 0 Å². The molecule has 1 heterocycles. The predicted octanol–water partition coefficient (Wildman–Crippen LogP) is 0.982. The van der Waals surface area contributed by atoms with Crippen LogP contribution < -0.4 is 11.1 Å². The number of hydrogen-bond donors (Lipinski definition) is 2. The Bertz CT molecular complexity index is 291. The first-order chi connectivity index (χ1) is 7.15. The Morgan fingerprint density at radius 2 is 2.27 bits per heavy atom. The standard InChI is InChI=1S/C11H22N4/c1-9(2)11-10(8-15(3)14-11)7-13-6-4-5-12/h8-9,13H,4-7,12H2,1-3H3. The quantitative estimate of drug-likeness (QED) is 0.688. The molecule has 0 spiro atoms. The monoisotopic (exact) mass is 210 g/mol. The minimum atomic E-state index is 0.484. The lowest BCUT2D eigenvalue weighted by molar-refractivity contribution is 0.647. The highest BCUT2D eigenvalue weighted by molar-refractivity contribution is 5.19. The smallest absolute Gasteiger partial charge is 0.0694 e. The van der Waals surface area contributed by atoms with Gasteiger partial charge in [-0.25, -0.2) is 0 Å². The molecule has 0 aliphatic carbocycles. The van der Waals surface area contributed by atoms with Gasteiger partial charge in [0.1, 0.15) is 0 Å². The van der Waals surface area contributed by atoms with E-state index in [0.717, 1.165) is 26.1 Å². The van der Waals surface area contributed by atoms with Gasteiger partial charge in [-0.1, -0.05) is 13.8 Å². The van der Waals surface area contributed by atoms with Crippen LogP contribution >= 0.6 is 0 Å². The summed E-state index contributed by atoms with van der Waals surface area (Å²) < 4.78 is 1.88.